The zero-order chi connectivity index (χ0) is 12.3. The summed E-state index contributed by atoms with van der Waals surface area (Å²) in [5.74, 6) is -0.336. The van der Waals surface area contributed by atoms with Crippen LogP contribution in [0, 0.1) is 0 Å². The highest BCUT2D eigenvalue weighted by Gasteiger charge is 2.11. The first kappa shape index (κ1) is 11.6. The Morgan fingerprint density at radius 1 is 1.47 bits per heavy atom. The molecule has 1 aromatic carbocycles. The first-order chi connectivity index (χ1) is 8.20. The van der Waals surface area contributed by atoms with E-state index >= 15 is 0 Å². The number of hydrogen-bond acceptors (Lipinski definition) is 5. The van der Waals surface area contributed by atoms with E-state index in [1.807, 2.05) is 0 Å². The van der Waals surface area contributed by atoms with Crippen LogP contribution in [0.3, 0.4) is 0 Å². The van der Waals surface area contributed by atoms with Gasteiger partial charge in [-0.3, -0.25) is 4.79 Å². The number of phenols is 1. The molecule has 88 valence electrons. The SMILES string of the molecule is NCc1nc(C(=O)Nc2ccccc2O)cs1. The van der Waals surface area contributed by atoms with Crippen molar-refractivity contribution in [1.82, 2.24) is 4.98 Å². The van der Waals surface area contributed by atoms with Crippen molar-refractivity contribution in [2.75, 3.05) is 5.32 Å². The van der Waals surface area contributed by atoms with Crippen molar-refractivity contribution in [3.63, 3.8) is 0 Å². The molecule has 0 radical (unpaired) electrons. The molecule has 0 saturated carbocycles. The van der Waals surface area contributed by atoms with Crippen molar-refractivity contribution in [1.29, 1.82) is 0 Å². The number of thiazole rings is 1. The summed E-state index contributed by atoms with van der Waals surface area (Å²) in [4.78, 5) is 15.8. The van der Waals surface area contributed by atoms with Gasteiger partial charge in [0.25, 0.3) is 5.91 Å². The number of nitrogens with two attached hydrogens (primary N) is 1. The molecule has 17 heavy (non-hydrogen) atoms. The fraction of sp³-hybridized carbons (Fsp3) is 0.0909. The van der Waals surface area contributed by atoms with Gasteiger partial charge in [-0.15, -0.1) is 11.3 Å². The highest BCUT2D eigenvalue weighted by molar-refractivity contribution is 7.09. The number of amides is 1. The van der Waals surface area contributed by atoms with Crippen LogP contribution in [0.2, 0.25) is 0 Å². The van der Waals surface area contributed by atoms with Crippen molar-refractivity contribution in [2.45, 2.75) is 6.54 Å². The van der Waals surface area contributed by atoms with Gasteiger partial charge in [-0.25, -0.2) is 4.98 Å². The van der Waals surface area contributed by atoms with Gasteiger partial charge in [0.1, 0.15) is 16.5 Å². The summed E-state index contributed by atoms with van der Waals surface area (Å²) < 4.78 is 0. The summed E-state index contributed by atoms with van der Waals surface area (Å²) in [5.41, 5.74) is 6.08. The summed E-state index contributed by atoms with van der Waals surface area (Å²) in [5, 5.41) is 14.4. The Morgan fingerprint density at radius 2 is 2.24 bits per heavy atom. The number of aromatic hydroxyl groups is 1. The van der Waals surface area contributed by atoms with Gasteiger partial charge in [-0.2, -0.15) is 0 Å². The number of nitrogens with zero attached hydrogens (tertiary/aromatic N) is 1. The highest BCUT2D eigenvalue weighted by atomic mass is 32.1. The molecule has 0 aliphatic rings. The molecule has 0 unspecified atom stereocenters. The summed E-state index contributed by atoms with van der Waals surface area (Å²) in [6.45, 7) is 0.314. The number of aromatic nitrogens is 1. The van der Waals surface area contributed by atoms with Crippen molar-refractivity contribution >= 4 is 22.9 Å². The molecule has 1 amide bonds. The average molecular weight is 249 g/mol. The lowest BCUT2D eigenvalue weighted by Crippen LogP contribution is -2.12. The van der Waals surface area contributed by atoms with Crippen molar-refractivity contribution in [2.24, 2.45) is 5.73 Å². The van der Waals surface area contributed by atoms with Crippen LogP contribution in [0.4, 0.5) is 5.69 Å². The fourth-order valence-electron chi connectivity index (χ4n) is 1.27. The number of nitrogens with one attached hydrogen (secondary N) is 1. The Kier molecular flexibility index (Phi) is 3.36. The summed E-state index contributed by atoms with van der Waals surface area (Å²) in [6, 6.07) is 6.52. The molecule has 4 N–H and O–H groups in total. The van der Waals surface area contributed by atoms with Crippen LogP contribution in [0.25, 0.3) is 0 Å². The Balaban J connectivity index is 2.14. The minimum atomic E-state index is -0.359. The van der Waals surface area contributed by atoms with Gasteiger partial charge < -0.3 is 16.2 Å². The number of carbonyl (C=O) groups is 1. The largest absolute Gasteiger partial charge is 0.506 e. The highest BCUT2D eigenvalue weighted by Crippen LogP contribution is 2.22. The van der Waals surface area contributed by atoms with Gasteiger partial charge in [0.05, 0.1) is 5.69 Å². The summed E-state index contributed by atoms with van der Waals surface area (Å²) in [6.07, 6.45) is 0. The van der Waals surface area contributed by atoms with Gasteiger partial charge in [0, 0.05) is 11.9 Å². The Morgan fingerprint density at radius 3 is 2.88 bits per heavy atom. The first-order valence-corrected chi connectivity index (χ1v) is 5.82. The van der Waals surface area contributed by atoms with E-state index in [9.17, 15) is 9.90 Å². The quantitative estimate of drug-likeness (QED) is 0.720. The summed E-state index contributed by atoms with van der Waals surface area (Å²) in [7, 11) is 0. The van der Waals surface area contributed by atoms with E-state index in [2.05, 4.69) is 10.3 Å². The number of carbonyl (C=O) groups excluding carboxylic acids is 1. The lowest BCUT2D eigenvalue weighted by Gasteiger charge is -2.04. The average Bonchev–Trinajstić information content (AvgIpc) is 2.81. The molecule has 0 aliphatic carbocycles. The minimum Gasteiger partial charge on any atom is -0.506 e. The second-order valence-corrected chi connectivity index (χ2v) is 4.24. The Labute approximate surface area is 102 Å². The van der Waals surface area contributed by atoms with Gasteiger partial charge in [0.15, 0.2) is 0 Å². The lowest BCUT2D eigenvalue weighted by molar-refractivity contribution is 0.102. The van der Waals surface area contributed by atoms with Gasteiger partial charge in [-0.05, 0) is 12.1 Å². The number of hydrogen-bond donors (Lipinski definition) is 3. The maximum atomic E-state index is 11.8. The topological polar surface area (TPSA) is 88.2 Å². The monoisotopic (exact) mass is 249 g/mol. The second kappa shape index (κ2) is 4.94. The van der Waals surface area contributed by atoms with E-state index in [1.165, 1.54) is 17.4 Å². The van der Waals surface area contributed by atoms with E-state index in [4.69, 9.17) is 5.73 Å². The van der Waals surface area contributed by atoms with Crippen molar-refractivity contribution in [3.8, 4) is 5.75 Å². The number of para-hydroxylation sites is 2. The van der Waals surface area contributed by atoms with Crippen molar-refractivity contribution < 1.29 is 9.90 Å². The third-order valence-corrected chi connectivity index (χ3v) is 2.98. The second-order valence-electron chi connectivity index (χ2n) is 3.30. The predicted molar refractivity (Wildman–Crippen MR) is 66.1 cm³/mol. The Bertz CT molecular complexity index is 539. The standard InChI is InChI=1S/C11H11N3O2S/c12-5-10-13-8(6-17-10)11(16)14-7-3-1-2-4-9(7)15/h1-4,6,15H,5,12H2,(H,14,16). The molecule has 6 heteroatoms. The number of anilines is 1. The zero-order valence-electron chi connectivity index (χ0n) is 8.88. The van der Waals surface area contributed by atoms with E-state index in [0.717, 1.165) is 0 Å². The van der Waals surface area contributed by atoms with E-state index in [-0.39, 0.29) is 11.7 Å². The van der Waals surface area contributed by atoms with E-state index in [1.54, 1.807) is 23.6 Å². The van der Waals surface area contributed by atoms with Crippen LogP contribution >= 0.6 is 11.3 Å². The number of benzene rings is 1. The molecular weight excluding hydrogens is 238 g/mol. The zero-order valence-corrected chi connectivity index (χ0v) is 9.70. The third kappa shape index (κ3) is 2.61. The third-order valence-electron chi connectivity index (χ3n) is 2.11. The van der Waals surface area contributed by atoms with Crippen LogP contribution < -0.4 is 11.1 Å². The predicted octanol–water partition coefficient (Wildman–Crippen LogP) is 1.56. The molecule has 0 atom stereocenters. The van der Waals surface area contributed by atoms with E-state index < -0.39 is 0 Å². The molecule has 1 aromatic heterocycles. The Hall–Kier alpha value is -1.92. The molecule has 0 aliphatic heterocycles. The molecule has 2 aromatic rings. The smallest absolute Gasteiger partial charge is 0.275 e. The van der Waals surface area contributed by atoms with Gasteiger partial charge in [0.2, 0.25) is 0 Å². The molecule has 0 bridgehead atoms. The minimum absolute atomic E-state index is 0.0233. The van der Waals surface area contributed by atoms with Gasteiger partial charge in [-0.1, -0.05) is 12.1 Å². The van der Waals surface area contributed by atoms with Crippen LogP contribution in [-0.4, -0.2) is 16.0 Å². The number of rotatable bonds is 3. The molecule has 2 rings (SSSR count). The molecule has 5 nitrogen and oxygen atoms in total. The maximum absolute atomic E-state index is 11.8. The maximum Gasteiger partial charge on any atom is 0.275 e. The van der Waals surface area contributed by atoms with Crippen LogP contribution in [-0.2, 0) is 6.54 Å². The van der Waals surface area contributed by atoms with Crippen LogP contribution in [0.5, 0.6) is 5.75 Å². The number of phenolic OH excluding ortho intramolecular Hbond substituents is 1. The molecule has 1 heterocycles. The molecule has 0 spiro atoms. The van der Waals surface area contributed by atoms with Crippen molar-refractivity contribution in [3.05, 3.63) is 40.3 Å². The molecule has 0 saturated heterocycles. The first-order valence-electron chi connectivity index (χ1n) is 4.94. The molecule has 0 fully saturated rings. The van der Waals surface area contributed by atoms with Crippen LogP contribution in [0.15, 0.2) is 29.6 Å². The normalized spacial score (nSPS) is 10.2. The van der Waals surface area contributed by atoms with Crippen LogP contribution in [0.1, 0.15) is 15.5 Å². The fourth-order valence-corrected chi connectivity index (χ4v) is 1.93. The van der Waals surface area contributed by atoms with Gasteiger partial charge >= 0.3 is 0 Å². The summed E-state index contributed by atoms with van der Waals surface area (Å²) >= 11 is 1.33. The lowest BCUT2D eigenvalue weighted by atomic mass is 10.3. The van der Waals surface area contributed by atoms with E-state index in [0.29, 0.717) is 22.9 Å². The molecular formula is C11H11N3O2S.